The van der Waals surface area contributed by atoms with Gasteiger partial charge in [-0.05, 0) is 51.0 Å². The maximum Gasteiger partial charge on any atom is 0.243 e. The van der Waals surface area contributed by atoms with E-state index in [0.29, 0.717) is 30.0 Å². The van der Waals surface area contributed by atoms with Crippen LogP contribution >= 0.6 is 0 Å². The second-order valence-electron chi connectivity index (χ2n) is 8.23. The molecule has 1 aliphatic heterocycles. The average Bonchev–Trinajstić information content (AvgIpc) is 3.19. The van der Waals surface area contributed by atoms with E-state index in [-0.39, 0.29) is 6.04 Å². The van der Waals surface area contributed by atoms with Crippen LogP contribution in [0.2, 0.25) is 0 Å². The van der Waals surface area contributed by atoms with Gasteiger partial charge >= 0.3 is 0 Å². The summed E-state index contributed by atoms with van der Waals surface area (Å²) in [7, 11) is -1.80. The molecule has 4 rings (SSSR count). The number of piperidine rings is 1. The Kier molecular flexibility index (Phi) is 6.83. The first-order valence-corrected chi connectivity index (χ1v) is 12.7. The van der Waals surface area contributed by atoms with Crippen molar-refractivity contribution in [3.8, 4) is 5.75 Å². The highest BCUT2D eigenvalue weighted by molar-refractivity contribution is 7.89. The van der Waals surface area contributed by atoms with Gasteiger partial charge in [0.2, 0.25) is 10.0 Å². The molecule has 1 N–H and O–H groups in total. The van der Waals surface area contributed by atoms with Crippen LogP contribution in [-0.4, -0.2) is 42.5 Å². The Bertz CT molecular complexity index is 1180. The molecular weight excluding hydrogens is 424 g/mol. The van der Waals surface area contributed by atoms with Crippen LogP contribution in [0.1, 0.15) is 50.5 Å². The van der Waals surface area contributed by atoms with Gasteiger partial charge in [0.15, 0.2) is 0 Å². The molecule has 1 fully saturated rings. The lowest BCUT2D eigenvalue weighted by Gasteiger charge is -2.25. The SMILES string of the molecule is CCn1c(CNC(C)c2ccccc2OC)nc2cc(S(=O)(=O)N3CCCCC3)ccc21. The summed E-state index contributed by atoms with van der Waals surface area (Å²) in [6, 6.07) is 13.4. The first kappa shape index (κ1) is 22.8. The lowest BCUT2D eigenvalue weighted by atomic mass is 10.1. The van der Waals surface area contributed by atoms with Gasteiger partial charge in [0.1, 0.15) is 11.6 Å². The van der Waals surface area contributed by atoms with Crippen LogP contribution in [0, 0.1) is 0 Å². The molecule has 2 heterocycles. The molecule has 1 atom stereocenters. The zero-order chi connectivity index (χ0) is 22.7. The van der Waals surface area contributed by atoms with Gasteiger partial charge in [0, 0.05) is 31.2 Å². The molecule has 0 spiro atoms. The van der Waals surface area contributed by atoms with E-state index < -0.39 is 10.0 Å². The summed E-state index contributed by atoms with van der Waals surface area (Å²) in [6.07, 6.45) is 2.94. The number of sulfonamides is 1. The van der Waals surface area contributed by atoms with Crippen molar-refractivity contribution < 1.29 is 13.2 Å². The van der Waals surface area contributed by atoms with E-state index in [9.17, 15) is 8.42 Å². The highest BCUT2D eigenvalue weighted by Crippen LogP contribution is 2.27. The maximum absolute atomic E-state index is 13.1. The van der Waals surface area contributed by atoms with E-state index in [4.69, 9.17) is 9.72 Å². The Balaban J connectivity index is 1.59. The first-order chi connectivity index (χ1) is 15.5. The fraction of sp³-hybridized carbons (Fsp3) is 0.458. The second kappa shape index (κ2) is 9.60. The van der Waals surface area contributed by atoms with Crippen molar-refractivity contribution in [3.63, 3.8) is 0 Å². The molecule has 8 heteroatoms. The Labute approximate surface area is 190 Å². The van der Waals surface area contributed by atoms with E-state index >= 15 is 0 Å². The molecule has 2 aromatic carbocycles. The van der Waals surface area contributed by atoms with Gasteiger partial charge in [-0.2, -0.15) is 4.31 Å². The Morgan fingerprint density at radius 1 is 1.12 bits per heavy atom. The number of aryl methyl sites for hydroxylation is 1. The topological polar surface area (TPSA) is 76.5 Å². The number of benzene rings is 2. The summed E-state index contributed by atoms with van der Waals surface area (Å²) in [5, 5.41) is 3.53. The first-order valence-electron chi connectivity index (χ1n) is 11.3. The molecule has 1 aliphatic rings. The quantitative estimate of drug-likeness (QED) is 0.553. The fourth-order valence-electron chi connectivity index (χ4n) is 4.44. The van der Waals surface area contributed by atoms with Crippen LogP contribution in [0.25, 0.3) is 11.0 Å². The predicted octanol–water partition coefficient (Wildman–Crippen LogP) is 4.09. The van der Waals surface area contributed by atoms with Crippen LogP contribution in [-0.2, 0) is 23.1 Å². The van der Waals surface area contributed by atoms with Gasteiger partial charge < -0.3 is 14.6 Å². The third-order valence-electron chi connectivity index (χ3n) is 6.24. The average molecular weight is 457 g/mol. The van der Waals surface area contributed by atoms with Gasteiger partial charge in [-0.15, -0.1) is 0 Å². The summed E-state index contributed by atoms with van der Waals surface area (Å²) in [6.45, 7) is 6.69. The monoisotopic (exact) mass is 456 g/mol. The van der Waals surface area contributed by atoms with Gasteiger partial charge in [-0.25, -0.2) is 13.4 Å². The number of methoxy groups -OCH3 is 1. The minimum atomic E-state index is -3.48. The molecule has 0 aliphatic carbocycles. The largest absolute Gasteiger partial charge is 0.496 e. The standard InChI is InChI=1S/C24H32N4O3S/c1-4-28-22-13-12-19(32(29,30)27-14-8-5-9-15-27)16-21(22)26-24(28)17-25-18(2)20-10-6-7-11-23(20)31-3/h6-7,10-13,16,18,25H,4-5,8-9,14-15,17H2,1-3H3. The van der Waals surface area contributed by atoms with Crippen molar-refractivity contribution in [3.05, 3.63) is 53.9 Å². The number of hydrogen-bond donors (Lipinski definition) is 1. The number of rotatable bonds is 8. The second-order valence-corrected chi connectivity index (χ2v) is 10.2. The minimum Gasteiger partial charge on any atom is -0.496 e. The van der Waals surface area contributed by atoms with Crippen LogP contribution < -0.4 is 10.1 Å². The zero-order valence-electron chi connectivity index (χ0n) is 19.0. The van der Waals surface area contributed by atoms with Crippen LogP contribution in [0.5, 0.6) is 5.75 Å². The summed E-state index contributed by atoms with van der Waals surface area (Å²) in [5.41, 5.74) is 2.75. The van der Waals surface area contributed by atoms with Gasteiger partial charge in [-0.3, -0.25) is 0 Å². The Hall–Kier alpha value is -2.42. The van der Waals surface area contributed by atoms with E-state index in [1.54, 1.807) is 23.5 Å². The third kappa shape index (κ3) is 4.40. The molecule has 0 amide bonds. The van der Waals surface area contributed by atoms with E-state index in [1.807, 2.05) is 24.3 Å². The number of nitrogens with one attached hydrogen (secondary N) is 1. The number of fused-ring (bicyclic) bond motifs is 1. The van der Waals surface area contributed by atoms with E-state index in [0.717, 1.165) is 48.5 Å². The molecular formula is C24H32N4O3S. The molecule has 32 heavy (non-hydrogen) atoms. The number of nitrogens with zero attached hydrogens (tertiary/aromatic N) is 3. The summed E-state index contributed by atoms with van der Waals surface area (Å²) in [5.74, 6) is 1.74. The predicted molar refractivity (Wildman–Crippen MR) is 126 cm³/mol. The zero-order valence-corrected chi connectivity index (χ0v) is 19.9. The molecule has 0 saturated carbocycles. The normalized spacial score (nSPS) is 16.3. The molecule has 1 saturated heterocycles. The van der Waals surface area contributed by atoms with Crippen molar-refractivity contribution in [2.24, 2.45) is 0 Å². The van der Waals surface area contributed by atoms with Gasteiger partial charge in [-0.1, -0.05) is 24.6 Å². The van der Waals surface area contributed by atoms with Crippen molar-refractivity contribution in [1.82, 2.24) is 19.2 Å². The van der Waals surface area contributed by atoms with E-state index in [1.165, 1.54) is 0 Å². The molecule has 1 unspecified atom stereocenters. The molecule has 7 nitrogen and oxygen atoms in total. The van der Waals surface area contributed by atoms with Crippen LogP contribution in [0.3, 0.4) is 0 Å². The summed E-state index contributed by atoms with van der Waals surface area (Å²) in [4.78, 5) is 5.13. The van der Waals surface area contributed by atoms with Crippen LogP contribution in [0.4, 0.5) is 0 Å². The molecule has 0 radical (unpaired) electrons. The minimum absolute atomic E-state index is 0.0753. The number of hydrogen-bond acceptors (Lipinski definition) is 5. The van der Waals surface area contributed by atoms with Crippen molar-refractivity contribution in [2.45, 2.75) is 57.1 Å². The van der Waals surface area contributed by atoms with Crippen molar-refractivity contribution >= 4 is 21.1 Å². The molecule has 0 bridgehead atoms. The third-order valence-corrected chi connectivity index (χ3v) is 8.13. The lowest BCUT2D eigenvalue weighted by molar-refractivity contribution is 0.346. The fourth-order valence-corrected chi connectivity index (χ4v) is 5.98. The lowest BCUT2D eigenvalue weighted by Crippen LogP contribution is -2.35. The molecule has 172 valence electrons. The van der Waals surface area contributed by atoms with Crippen molar-refractivity contribution in [1.29, 1.82) is 0 Å². The highest BCUT2D eigenvalue weighted by Gasteiger charge is 2.26. The number of aromatic nitrogens is 2. The summed E-state index contributed by atoms with van der Waals surface area (Å²) < 4.78 is 35.4. The Morgan fingerprint density at radius 3 is 2.59 bits per heavy atom. The maximum atomic E-state index is 13.1. The van der Waals surface area contributed by atoms with Crippen molar-refractivity contribution in [2.75, 3.05) is 20.2 Å². The van der Waals surface area contributed by atoms with Gasteiger partial charge in [0.25, 0.3) is 0 Å². The number of ether oxygens (including phenoxy) is 1. The summed E-state index contributed by atoms with van der Waals surface area (Å²) >= 11 is 0. The molecule has 3 aromatic rings. The number of imidazole rings is 1. The highest BCUT2D eigenvalue weighted by atomic mass is 32.2. The Morgan fingerprint density at radius 2 is 1.88 bits per heavy atom. The van der Waals surface area contributed by atoms with E-state index in [2.05, 4.69) is 29.8 Å². The number of para-hydroxylation sites is 1. The molecule has 1 aromatic heterocycles. The van der Waals surface area contributed by atoms with Gasteiger partial charge in [0.05, 0.1) is 29.6 Å². The van der Waals surface area contributed by atoms with Crippen LogP contribution in [0.15, 0.2) is 47.4 Å². The smallest absolute Gasteiger partial charge is 0.243 e.